The van der Waals surface area contributed by atoms with E-state index >= 15 is 0 Å². The number of para-hydroxylation sites is 2. The first-order valence-corrected chi connectivity index (χ1v) is 5.55. The lowest BCUT2D eigenvalue weighted by molar-refractivity contribution is -0.207. The van der Waals surface area contributed by atoms with Gasteiger partial charge in [-0.2, -0.15) is 13.2 Å². The standard InChI is InChI=1S/C14H11F3O2/c15-14(16,17)13(18)11-8-4-5-9-12(11)19-10-6-2-1-3-7-10/h1-9,13,18H. The van der Waals surface area contributed by atoms with Crippen molar-refractivity contribution in [3.63, 3.8) is 0 Å². The van der Waals surface area contributed by atoms with Gasteiger partial charge in [0.15, 0.2) is 6.10 Å². The topological polar surface area (TPSA) is 29.5 Å². The molecule has 2 rings (SSSR count). The third kappa shape index (κ3) is 3.26. The molecule has 5 heteroatoms. The molecule has 100 valence electrons. The third-order valence-corrected chi connectivity index (χ3v) is 2.49. The molecule has 0 fully saturated rings. The van der Waals surface area contributed by atoms with E-state index in [0.29, 0.717) is 5.75 Å². The van der Waals surface area contributed by atoms with Crippen LogP contribution in [0.5, 0.6) is 11.5 Å². The first kappa shape index (κ1) is 13.4. The average molecular weight is 268 g/mol. The summed E-state index contributed by atoms with van der Waals surface area (Å²) in [5.74, 6) is 0.392. The maximum atomic E-state index is 12.5. The molecule has 0 aliphatic heterocycles. The van der Waals surface area contributed by atoms with Gasteiger partial charge in [0, 0.05) is 5.56 Å². The predicted molar refractivity (Wildman–Crippen MR) is 64.0 cm³/mol. The molecule has 0 bridgehead atoms. The van der Waals surface area contributed by atoms with E-state index in [1.807, 2.05) is 0 Å². The summed E-state index contributed by atoms with van der Waals surface area (Å²) in [6.45, 7) is 0. The van der Waals surface area contributed by atoms with Crippen molar-refractivity contribution in [1.82, 2.24) is 0 Å². The van der Waals surface area contributed by atoms with E-state index in [4.69, 9.17) is 4.74 Å². The zero-order chi connectivity index (χ0) is 13.9. The number of aliphatic hydroxyl groups is 1. The minimum atomic E-state index is -4.73. The second kappa shape index (κ2) is 5.32. The van der Waals surface area contributed by atoms with Gasteiger partial charge in [-0.15, -0.1) is 0 Å². The molecule has 0 radical (unpaired) electrons. The quantitative estimate of drug-likeness (QED) is 0.909. The van der Waals surface area contributed by atoms with E-state index in [1.54, 1.807) is 36.4 Å². The molecule has 0 amide bonds. The molecular formula is C14H11F3O2. The Kier molecular flexibility index (Phi) is 3.76. The summed E-state index contributed by atoms with van der Waals surface area (Å²) >= 11 is 0. The van der Waals surface area contributed by atoms with Gasteiger partial charge in [0.1, 0.15) is 11.5 Å². The van der Waals surface area contributed by atoms with Crippen LogP contribution in [-0.2, 0) is 0 Å². The third-order valence-electron chi connectivity index (χ3n) is 2.49. The van der Waals surface area contributed by atoms with Crippen LogP contribution in [0.2, 0.25) is 0 Å². The van der Waals surface area contributed by atoms with Gasteiger partial charge in [-0.1, -0.05) is 36.4 Å². The first-order valence-electron chi connectivity index (χ1n) is 5.55. The number of alkyl halides is 3. The fourth-order valence-electron chi connectivity index (χ4n) is 1.59. The van der Waals surface area contributed by atoms with Gasteiger partial charge in [-0.3, -0.25) is 0 Å². The van der Waals surface area contributed by atoms with Crippen LogP contribution in [0.3, 0.4) is 0 Å². The second-order valence-corrected chi connectivity index (χ2v) is 3.90. The summed E-state index contributed by atoms with van der Waals surface area (Å²) in [6.07, 6.45) is -7.29. The lowest BCUT2D eigenvalue weighted by Gasteiger charge is -2.18. The molecule has 0 spiro atoms. The Morgan fingerprint density at radius 1 is 0.895 bits per heavy atom. The minimum absolute atomic E-state index is 0.0153. The van der Waals surface area contributed by atoms with Gasteiger partial charge in [0.2, 0.25) is 0 Å². The van der Waals surface area contributed by atoms with E-state index in [2.05, 4.69) is 0 Å². The highest BCUT2D eigenvalue weighted by Gasteiger charge is 2.40. The van der Waals surface area contributed by atoms with E-state index in [-0.39, 0.29) is 11.3 Å². The highest BCUT2D eigenvalue weighted by atomic mass is 19.4. The summed E-state index contributed by atoms with van der Waals surface area (Å²) in [6, 6.07) is 14.0. The Balaban J connectivity index is 2.32. The van der Waals surface area contributed by atoms with Crippen molar-refractivity contribution in [3.8, 4) is 11.5 Å². The monoisotopic (exact) mass is 268 g/mol. The van der Waals surface area contributed by atoms with Gasteiger partial charge < -0.3 is 9.84 Å². The number of aliphatic hydroxyl groups excluding tert-OH is 1. The van der Waals surface area contributed by atoms with Gasteiger partial charge in [0.05, 0.1) is 0 Å². The summed E-state index contributed by atoms with van der Waals surface area (Å²) in [5, 5.41) is 9.31. The maximum Gasteiger partial charge on any atom is 0.418 e. The largest absolute Gasteiger partial charge is 0.457 e. The molecule has 0 aliphatic rings. The Morgan fingerprint density at radius 3 is 2.11 bits per heavy atom. The molecule has 2 aromatic carbocycles. The van der Waals surface area contributed by atoms with Gasteiger partial charge >= 0.3 is 6.18 Å². The van der Waals surface area contributed by atoms with Crippen LogP contribution >= 0.6 is 0 Å². The number of hydrogen-bond acceptors (Lipinski definition) is 2. The van der Waals surface area contributed by atoms with Gasteiger partial charge in [-0.25, -0.2) is 0 Å². The molecule has 1 unspecified atom stereocenters. The highest BCUT2D eigenvalue weighted by Crippen LogP contribution is 2.38. The Labute approximate surface area is 108 Å². The molecule has 1 atom stereocenters. The fraction of sp³-hybridized carbons (Fsp3) is 0.143. The Morgan fingerprint density at radius 2 is 1.47 bits per heavy atom. The van der Waals surface area contributed by atoms with Gasteiger partial charge in [0.25, 0.3) is 0 Å². The van der Waals surface area contributed by atoms with Crippen molar-refractivity contribution in [2.75, 3.05) is 0 Å². The fourth-order valence-corrected chi connectivity index (χ4v) is 1.59. The van der Waals surface area contributed by atoms with Crippen LogP contribution in [0.4, 0.5) is 13.2 Å². The molecular weight excluding hydrogens is 257 g/mol. The van der Waals surface area contributed by atoms with E-state index < -0.39 is 12.3 Å². The number of ether oxygens (including phenoxy) is 1. The average Bonchev–Trinajstić information content (AvgIpc) is 2.39. The summed E-state index contributed by atoms with van der Waals surface area (Å²) < 4.78 is 43.0. The second-order valence-electron chi connectivity index (χ2n) is 3.90. The van der Waals surface area contributed by atoms with Crippen LogP contribution < -0.4 is 4.74 Å². The molecule has 2 aromatic rings. The van der Waals surface area contributed by atoms with Gasteiger partial charge in [-0.05, 0) is 18.2 Å². The lowest BCUT2D eigenvalue weighted by atomic mass is 10.1. The number of benzene rings is 2. The molecule has 1 N–H and O–H groups in total. The number of hydrogen-bond donors (Lipinski definition) is 1. The molecule has 19 heavy (non-hydrogen) atoms. The maximum absolute atomic E-state index is 12.5. The van der Waals surface area contributed by atoms with E-state index in [0.717, 1.165) is 0 Å². The minimum Gasteiger partial charge on any atom is -0.457 e. The Hall–Kier alpha value is -2.01. The van der Waals surface area contributed by atoms with E-state index in [1.165, 1.54) is 18.2 Å². The molecule has 0 saturated heterocycles. The van der Waals surface area contributed by atoms with Crippen LogP contribution in [0, 0.1) is 0 Å². The lowest BCUT2D eigenvalue weighted by Crippen LogP contribution is -2.20. The van der Waals surface area contributed by atoms with Crippen molar-refractivity contribution >= 4 is 0 Å². The molecule has 0 heterocycles. The SMILES string of the molecule is OC(c1ccccc1Oc1ccccc1)C(F)(F)F. The van der Waals surface area contributed by atoms with E-state index in [9.17, 15) is 18.3 Å². The zero-order valence-electron chi connectivity index (χ0n) is 9.76. The summed E-state index contributed by atoms with van der Waals surface area (Å²) in [7, 11) is 0. The smallest absolute Gasteiger partial charge is 0.418 e. The van der Waals surface area contributed by atoms with Crippen molar-refractivity contribution < 1.29 is 23.0 Å². The zero-order valence-corrected chi connectivity index (χ0v) is 9.76. The highest BCUT2D eigenvalue weighted by molar-refractivity contribution is 5.39. The predicted octanol–water partition coefficient (Wildman–Crippen LogP) is 4.07. The van der Waals surface area contributed by atoms with Crippen LogP contribution in [-0.4, -0.2) is 11.3 Å². The summed E-state index contributed by atoms with van der Waals surface area (Å²) in [5.41, 5.74) is -0.307. The van der Waals surface area contributed by atoms with Crippen LogP contribution in [0.1, 0.15) is 11.7 Å². The number of halogens is 3. The first-order chi connectivity index (χ1) is 8.98. The Bertz CT molecular complexity index is 538. The molecule has 0 aromatic heterocycles. The van der Waals surface area contributed by atoms with Crippen LogP contribution in [0.15, 0.2) is 54.6 Å². The molecule has 0 saturated carbocycles. The molecule has 2 nitrogen and oxygen atoms in total. The number of rotatable bonds is 3. The normalized spacial score (nSPS) is 13.1. The van der Waals surface area contributed by atoms with Crippen LogP contribution in [0.25, 0.3) is 0 Å². The van der Waals surface area contributed by atoms with Crippen molar-refractivity contribution in [1.29, 1.82) is 0 Å². The van der Waals surface area contributed by atoms with Crippen molar-refractivity contribution in [2.24, 2.45) is 0 Å². The van der Waals surface area contributed by atoms with Crippen molar-refractivity contribution in [3.05, 3.63) is 60.2 Å². The summed E-state index contributed by atoms with van der Waals surface area (Å²) in [4.78, 5) is 0. The van der Waals surface area contributed by atoms with Crippen molar-refractivity contribution in [2.45, 2.75) is 12.3 Å². The molecule has 0 aliphatic carbocycles.